The van der Waals surface area contributed by atoms with Crippen molar-refractivity contribution in [2.75, 3.05) is 5.75 Å². The van der Waals surface area contributed by atoms with Crippen LogP contribution in [0, 0.1) is 0 Å². The third-order valence-electron chi connectivity index (χ3n) is 2.03. The molecule has 0 aromatic carbocycles. The summed E-state index contributed by atoms with van der Waals surface area (Å²) in [5, 5.41) is 14.4. The van der Waals surface area contributed by atoms with Crippen LogP contribution in [0.5, 0.6) is 0 Å². The molecule has 1 rings (SSSR count). The van der Waals surface area contributed by atoms with Crippen molar-refractivity contribution in [1.29, 1.82) is 0 Å². The number of carbonyl (C=O) groups excluding carboxylic acids is 1. The zero-order chi connectivity index (χ0) is 12.3. The van der Waals surface area contributed by atoms with Gasteiger partial charge in [-0.05, 0) is 20.8 Å². The van der Waals surface area contributed by atoms with Crippen molar-refractivity contribution in [3.8, 4) is 0 Å². The molecule has 5 nitrogen and oxygen atoms in total. The summed E-state index contributed by atoms with van der Waals surface area (Å²) >= 11 is 1.48. The lowest BCUT2D eigenvalue weighted by Crippen LogP contribution is -2.44. The highest BCUT2D eigenvalue weighted by Crippen LogP contribution is 2.21. The topological polar surface area (TPSA) is 78.4 Å². The molecule has 0 bridgehead atoms. The van der Waals surface area contributed by atoms with E-state index in [4.69, 9.17) is 5.11 Å². The molecule has 0 saturated carbocycles. The van der Waals surface area contributed by atoms with Crippen molar-refractivity contribution in [3.05, 3.63) is 0 Å². The summed E-state index contributed by atoms with van der Waals surface area (Å²) in [5.74, 6) is -0.391. The molecule has 1 unspecified atom stereocenters. The molecule has 2 atom stereocenters. The SMILES string of the molecule is CC(C)(C)NC(=O)CC1N[C@H](C(=O)O)CS1. The Morgan fingerprint density at radius 1 is 1.50 bits per heavy atom. The van der Waals surface area contributed by atoms with Gasteiger partial charge < -0.3 is 10.4 Å². The second-order valence-electron chi connectivity index (χ2n) is 4.88. The Hall–Kier alpha value is -0.750. The predicted molar refractivity (Wildman–Crippen MR) is 63.3 cm³/mol. The van der Waals surface area contributed by atoms with Crippen LogP contribution in [0.1, 0.15) is 27.2 Å². The first-order valence-electron chi connectivity index (χ1n) is 5.19. The smallest absolute Gasteiger partial charge is 0.321 e. The van der Waals surface area contributed by atoms with E-state index < -0.39 is 12.0 Å². The summed E-state index contributed by atoms with van der Waals surface area (Å²) in [6.45, 7) is 5.75. The molecule has 1 aliphatic rings. The van der Waals surface area contributed by atoms with Gasteiger partial charge in [0.05, 0.1) is 11.8 Å². The van der Waals surface area contributed by atoms with E-state index in [0.717, 1.165) is 0 Å². The number of amides is 1. The molecule has 0 aromatic heterocycles. The second-order valence-corrected chi connectivity index (χ2v) is 6.12. The minimum Gasteiger partial charge on any atom is -0.480 e. The monoisotopic (exact) mass is 246 g/mol. The van der Waals surface area contributed by atoms with Crippen LogP contribution in [-0.4, -0.2) is 39.7 Å². The first kappa shape index (κ1) is 13.3. The van der Waals surface area contributed by atoms with Crippen molar-refractivity contribution in [2.45, 2.75) is 44.1 Å². The molecule has 0 aliphatic carbocycles. The van der Waals surface area contributed by atoms with Crippen LogP contribution in [0.2, 0.25) is 0 Å². The normalized spacial score (nSPS) is 25.4. The average Bonchev–Trinajstić information content (AvgIpc) is 2.48. The summed E-state index contributed by atoms with van der Waals surface area (Å²) in [5.41, 5.74) is -0.243. The van der Waals surface area contributed by atoms with Crippen LogP contribution >= 0.6 is 11.8 Å². The maximum Gasteiger partial charge on any atom is 0.321 e. The van der Waals surface area contributed by atoms with Gasteiger partial charge in [0, 0.05) is 11.3 Å². The van der Waals surface area contributed by atoms with Gasteiger partial charge in [0.1, 0.15) is 6.04 Å². The Bertz CT molecular complexity index is 288. The minimum absolute atomic E-state index is 0.0523. The summed E-state index contributed by atoms with van der Waals surface area (Å²) in [4.78, 5) is 22.3. The first-order valence-corrected chi connectivity index (χ1v) is 6.24. The number of hydrogen-bond donors (Lipinski definition) is 3. The zero-order valence-electron chi connectivity index (χ0n) is 9.74. The Kier molecular flexibility index (Phi) is 4.21. The van der Waals surface area contributed by atoms with Crippen molar-refractivity contribution >= 4 is 23.6 Å². The second kappa shape index (κ2) is 5.05. The van der Waals surface area contributed by atoms with E-state index in [0.29, 0.717) is 12.2 Å². The van der Waals surface area contributed by atoms with Gasteiger partial charge in [0.25, 0.3) is 0 Å². The highest BCUT2D eigenvalue weighted by atomic mass is 32.2. The van der Waals surface area contributed by atoms with E-state index in [1.807, 2.05) is 20.8 Å². The lowest BCUT2D eigenvalue weighted by molar-refractivity contribution is -0.138. The number of carboxylic acids is 1. The molecule has 1 fully saturated rings. The number of nitrogens with one attached hydrogen (secondary N) is 2. The van der Waals surface area contributed by atoms with E-state index in [2.05, 4.69) is 10.6 Å². The van der Waals surface area contributed by atoms with Gasteiger partial charge in [0.2, 0.25) is 5.91 Å². The average molecular weight is 246 g/mol. The van der Waals surface area contributed by atoms with Crippen LogP contribution in [0.4, 0.5) is 0 Å². The van der Waals surface area contributed by atoms with E-state index in [-0.39, 0.29) is 16.8 Å². The van der Waals surface area contributed by atoms with Crippen LogP contribution < -0.4 is 10.6 Å². The van der Waals surface area contributed by atoms with Crippen LogP contribution in [0.3, 0.4) is 0 Å². The summed E-state index contributed by atoms with van der Waals surface area (Å²) in [6.07, 6.45) is 0.311. The Balaban J connectivity index is 2.34. The zero-order valence-corrected chi connectivity index (χ0v) is 10.6. The van der Waals surface area contributed by atoms with E-state index >= 15 is 0 Å². The molecular weight excluding hydrogens is 228 g/mol. The van der Waals surface area contributed by atoms with Crippen molar-refractivity contribution in [3.63, 3.8) is 0 Å². The van der Waals surface area contributed by atoms with Gasteiger partial charge in [-0.3, -0.25) is 14.9 Å². The Morgan fingerprint density at radius 3 is 2.56 bits per heavy atom. The highest BCUT2D eigenvalue weighted by molar-refractivity contribution is 8.00. The van der Waals surface area contributed by atoms with Gasteiger partial charge in [0.15, 0.2) is 0 Å². The fourth-order valence-corrected chi connectivity index (χ4v) is 2.62. The minimum atomic E-state index is -0.855. The number of carbonyl (C=O) groups is 2. The van der Waals surface area contributed by atoms with Gasteiger partial charge in [-0.2, -0.15) is 0 Å². The summed E-state index contributed by atoms with van der Waals surface area (Å²) < 4.78 is 0. The van der Waals surface area contributed by atoms with Crippen LogP contribution in [0.15, 0.2) is 0 Å². The van der Waals surface area contributed by atoms with Crippen molar-refractivity contribution in [1.82, 2.24) is 10.6 Å². The predicted octanol–water partition coefficient (Wildman–Crippen LogP) is 0.407. The third-order valence-corrected chi connectivity index (χ3v) is 3.27. The molecule has 0 spiro atoms. The number of hydrogen-bond acceptors (Lipinski definition) is 4. The van der Waals surface area contributed by atoms with Crippen LogP contribution in [0.25, 0.3) is 0 Å². The largest absolute Gasteiger partial charge is 0.480 e. The van der Waals surface area contributed by atoms with E-state index in [9.17, 15) is 9.59 Å². The van der Waals surface area contributed by atoms with Crippen molar-refractivity contribution in [2.24, 2.45) is 0 Å². The summed E-state index contributed by atoms with van der Waals surface area (Å²) in [7, 11) is 0. The van der Waals surface area contributed by atoms with Crippen LogP contribution in [-0.2, 0) is 9.59 Å². The van der Waals surface area contributed by atoms with Gasteiger partial charge in [-0.1, -0.05) is 0 Å². The van der Waals surface area contributed by atoms with Crippen molar-refractivity contribution < 1.29 is 14.7 Å². The molecule has 0 aromatic rings. The Labute approximate surface area is 99.4 Å². The fourth-order valence-electron chi connectivity index (χ4n) is 1.43. The van der Waals surface area contributed by atoms with Gasteiger partial charge >= 0.3 is 5.97 Å². The maximum absolute atomic E-state index is 11.6. The molecule has 1 heterocycles. The summed E-state index contributed by atoms with van der Waals surface area (Å²) in [6, 6.07) is -0.530. The number of thioether (sulfide) groups is 1. The lowest BCUT2D eigenvalue weighted by atomic mass is 10.1. The quantitative estimate of drug-likeness (QED) is 0.672. The van der Waals surface area contributed by atoms with Gasteiger partial charge in [-0.15, -0.1) is 11.8 Å². The molecule has 1 saturated heterocycles. The molecule has 92 valence electrons. The molecular formula is C10H18N2O3S. The first-order chi connectivity index (χ1) is 7.28. The molecule has 1 amide bonds. The molecule has 6 heteroatoms. The van der Waals surface area contributed by atoms with E-state index in [1.165, 1.54) is 11.8 Å². The highest BCUT2D eigenvalue weighted by Gasteiger charge is 2.31. The molecule has 0 radical (unpaired) electrons. The number of rotatable bonds is 3. The molecule has 1 aliphatic heterocycles. The molecule has 3 N–H and O–H groups in total. The number of aliphatic carboxylic acids is 1. The fraction of sp³-hybridized carbons (Fsp3) is 0.800. The maximum atomic E-state index is 11.6. The van der Waals surface area contributed by atoms with E-state index in [1.54, 1.807) is 0 Å². The third kappa shape index (κ3) is 4.40. The Morgan fingerprint density at radius 2 is 2.12 bits per heavy atom. The molecule has 16 heavy (non-hydrogen) atoms. The lowest BCUT2D eigenvalue weighted by Gasteiger charge is -2.21. The number of carboxylic acid groups (broad SMARTS) is 1. The standard InChI is InChI=1S/C10H18N2O3S/c1-10(2,3)12-7(13)4-8-11-6(5-16-8)9(14)15/h6,8,11H,4-5H2,1-3H3,(H,12,13)(H,14,15)/t6-,8?/m0/s1. The van der Waals surface area contributed by atoms with Gasteiger partial charge in [-0.25, -0.2) is 0 Å².